The molecule has 0 unspecified atom stereocenters. The maximum absolute atomic E-state index is 13.0. The summed E-state index contributed by atoms with van der Waals surface area (Å²) in [4.78, 5) is 16.2. The summed E-state index contributed by atoms with van der Waals surface area (Å²) < 4.78 is 0. The van der Waals surface area contributed by atoms with Crippen molar-refractivity contribution in [2.45, 2.75) is 0 Å². The van der Waals surface area contributed by atoms with Gasteiger partial charge in [-0.25, -0.2) is 0 Å². The maximum atomic E-state index is 13.0. The zero-order valence-corrected chi connectivity index (χ0v) is 18.3. The predicted molar refractivity (Wildman–Crippen MR) is 127 cm³/mol. The van der Waals surface area contributed by atoms with Crippen molar-refractivity contribution >= 4 is 35.0 Å². The van der Waals surface area contributed by atoms with E-state index in [1.807, 2.05) is 25.2 Å². The summed E-state index contributed by atoms with van der Waals surface area (Å²) in [5.74, 6) is -0.188. The first-order valence-electron chi connectivity index (χ1n) is 9.79. The lowest BCUT2D eigenvalue weighted by atomic mass is 10.4. The Bertz CT molecular complexity index is 883. The second-order valence-electron chi connectivity index (χ2n) is 7.29. The molecule has 0 bridgehead atoms. The molecule has 5 nitrogen and oxygen atoms in total. The Balaban J connectivity index is 2.12. The minimum absolute atomic E-state index is 0.0696. The molecule has 3 aromatic carbocycles. The van der Waals surface area contributed by atoms with Gasteiger partial charge >= 0.3 is 0 Å². The summed E-state index contributed by atoms with van der Waals surface area (Å²) >= 11 is 0. The van der Waals surface area contributed by atoms with Crippen LogP contribution >= 0.6 is 7.26 Å². The lowest BCUT2D eigenvalue weighted by Gasteiger charge is -2.32. The number of carbonyl (C=O) groups excluding carboxylic acids is 1. The quantitative estimate of drug-likeness (QED) is 0.350. The van der Waals surface area contributed by atoms with Crippen LogP contribution in [0.3, 0.4) is 0 Å². The molecule has 154 valence electrons. The topological polar surface area (TPSA) is 73.4 Å². The number of hydrogen-bond donors (Lipinski definition) is 2. The lowest BCUT2D eigenvalue weighted by Crippen LogP contribution is -2.45. The second-order valence-corrected chi connectivity index (χ2v) is 10.7. The number of nitrogens with one attached hydrogen (secondary N) is 1. The van der Waals surface area contributed by atoms with Crippen LogP contribution in [0.4, 0.5) is 0 Å². The highest BCUT2D eigenvalue weighted by atomic mass is 31.2. The normalized spacial score (nSPS) is 11.0. The van der Waals surface area contributed by atoms with E-state index in [0.29, 0.717) is 6.29 Å². The summed E-state index contributed by atoms with van der Waals surface area (Å²) in [6, 6.07) is 31.4. The van der Waals surface area contributed by atoms with Crippen LogP contribution in [0.2, 0.25) is 0 Å². The van der Waals surface area contributed by atoms with Gasteiger partial charge in [0.15, 0.2) is 5.96 Å². The zero-order chi connectivity index (χ0) is 21.6. The Hall–Kier alpha value is -3.17. The first-order chi connectivity index (χ1) is 14.4. The second kappa shape index (κ2) is 9.55. The van der Waals surface area contributed by atoms with Crippen LogP contribution in [0.25, 0.3) is 0 Å². The van der Waals surface area contributed by atoms with E-state index in [0.717, 1.165) is 0 Å². The number of guanidine groups is 1. The van der Waals surface area contributed by atoms with E-state index >= 15 is 0 Å². The number of rotatable bonds is 7. The Morgan fingerprint density at radius 2 is 1.13 bits per heavy atom. The summed E-state index contributed by atoms with van der Waals surface area (Å²) in [6.45, 7) is 0.0736. The molecule has 0 radical (unpaired) electrons. The molecule has 0 atom stereocenters. The van der Waals surface area contributed by atoms with Gasteiger partial charge in [-0.05, 0) is 36.4 Å². The number of nitrogens with two attached hydrogens (primary N) is 1. The number of carbonyl (C=O) groups is 1. The number of benzene rings is 3. The van der Waals surface area contributed by atoms with E-state index in [1.165, 1.54) is 20.8 Å². The van der Waals surface area contributed by atoms with Crippen molar-refractivity contribution < 1.29 is 4.79 Å². The molecule has 3 rings (SSSR count). The molecular weight excluding hydrogens is 391 g/mol. The molecule has 0 saturated carbocycles. The third kappa shape index (κ3) is 4.52. The van der Waals surface area contributed by atoms with Crippen molar-refractivity contribution in [3.05, 3.63) is 91.0 Å². The molecular formula is C24H28N4OP+. The largest absolute Gasteiger partial charge is 0.370 e. The Morgan fingerprint density at radius 1 is 0.767 bits per heavy atom. The molecule has 1 amide bonds. The molecule has 0 aliphatic rings. The van der Waals surface area contributed by atoms with Gasteiger partial charge in [-0.1, -0.05) is 54.6 Å². The number of likely N-dealkylation sites (N-methyl/N-ethyl adjacent to an activating group) is 2. The van der Waals surface area contributed by atoms with Crippen LogP contribution in [-0.2, 0) is 4.79 Å². The van der Waals surface area contributed by atoms with E-state index < -0.39 is 7.26 Å². The Morgan fingerprint density at radius 3 is 1.47 bits per heavy atom. The van der Waals surface area contributed by atoms with E-state index in [4.69, 9.17) is 11.1 Å². The van der Waals surface area contributed by atoms with Crippen molar-refractivity contribution in [3.8, 4) is 0 Å². The average Bonchev–Trinajstić information content (AvgIpc) is 2.79. The van der Waals surface area contributed by atoms with Gasteiger partial charge in [0.2, 0.25) is 5.91 Å². The molecule has 3 N–H and O–H groups in total. The molecule has 0 aliphatic heterocycles. The van der Waals surface area contributed by atoms with Crippen molar-refractivity contribution in [3.63, 3.8) is 0 Å². The van der Waals surface area contributed by atoms with E-state index in [2.05, 4.69) is 72.8 Å². The van der Waals surface area contributed by atoms with Crippen LogP contribution < -0.4 is 21.6 Å². The predicted octanol–water partition coefficient (Wildman–Crippen LogP) is 2.22. The smallest absolute Gasteiger partial charge is 0.244 e. The first-order valence-corrected chi connectivity index (χ1v) is 11.8. The lowest BCUT2D eigenvalue weighted by molar-refractivity contribution is -0.129. The molecule has 0 aromatic heterocycles. The molecule has 3 aromatic rings. The number of amides is 1. The number of hydrogen-bond acceptors (Lipinski definition) is 2. The van der Waals surface area contributed by atoms with Gasteiger partial charge < -0.3 is 15.5 Å². The SMILES string of the molecule is CN(CC(=O)N(C)C[P+](c1ccccc1)(c1ccccc1)c1ccccc1)C(=N)N. The third-order valence-corrected chi connectivity index (χ3v) is 9.61. The monoisotopic (exact) mass is 419 g/mol. The van der Waals surface area contributed by atoms with Crippen LogP contribution in [-0.4, -0.2) is 48.6 Å². The fraction of sp³-hybridized carbons (Fsp3) is 0.167. The van der Waals surface area contributed by atoms with Gasteiger partial charge in [0, 0.05) is 14.1 Å². The highest BCUT2D eigenvalue weighted by Gasteiger charge is 2.47. The highest BCUT2D eigenvalue weighted by molar-refractivity contribution is 7.95. The van der Waals surface area contributed by atoms with Crippen LogP contribution in [0.1, 0.15) is 0 Å². The molecule has 0 aliphatic carbocycles. The summed E-state index contributed by atoms with van der Waals surface area (Å²) in [6.07, 6.45) is 0.565. The molecule has 0 heterocycles. The van der Waals surface area contributed by atoms with Gasteiger partial charge in [0.1, 0.15) is 29.5 Å². The fourth-order valence-electron chi connectivity index (χ4n) is 3.55. The Kier molecular flexibility index (Phi) is 6.86. The van der Waals surface area contributed by atoms with Gasteiger partial charge in [0.05, 0.1) is 6.54 Å². The van der Waals surface area contributed by atoms with Crippen LogP contribution in [0.15, 0.2) is 91.0 Å². The summed E-state index contributed by atoms with van der Waals surface area (Å²) in [7, 11) is 1.36. The molecule has 0 spiro atoms. The van der Waals surface area contributed by atoms with Crippen molar-refractivity contribution in [2.24, 2.45) is 5.73 Å². The average molecular weight is 419 g/mol. The molecule has 6 heteroatoms. The van der Waals surface area contributed by atoms with Crippen LogP contribution in [0.5, 0.6) is 0 Å². The van der Waals surface area contributed by atoms with Gasteiger partial charge in [-0.15, -0.1) is 0 Å². The summed E-state index contributed by atoms with van der Waals surface area (Å²) in [5.41, 5.74) is 5.53. The first kappa shape index (κ1) is 21.5. The van der Waals surface area contributed by atoms with Crippen LogP contribution in [0, 0.1) is 5.41 Å². The van der Waals surface area contributed by atoms with E-state index in [-0.39, 0.29) is 18.4 Å². The third-order valence-electron chi connectivity index (χ3n) is 5.22. The Labute approximate surface area is 179 Å². The number of nitrogens with zero attached hydrogens (tertiary/aromatic N) is 2. The molecule has 0 saturated heterocycles. The highest BCUT2D eigenvalue weighted by Crippen LogP contribution is 2.55. The van der Waals surface area contributed by atoms with Gasteiger partial charge in [-0.2, -0.15) is 0 Å². The van der Waals surface area contributed by atoms with Gasteiger partial charge in [0.25, 0.3) is 0 Å². The van der Waals surface area contributed by atoms with Gasteiger partial charge in [-0.3, -0.25) is 10.2 Å². The maximum Gasteiger partial charge on any atom is 0.244 e. The zero-order valence-electron chi connectivity index (χ0n) is 17.4. The standard InChI is InChI=1S/C24H28N4OP/c1-27(24(25)26)18-23(29)28(2)19-30(20-12-6-3-7-13-20,21-14-8-4-9-15-21)22-16-10-5-11-17-22/h3-17H,18-19H2,1-2H3,(H3,25,26)/q+1. The minimum Gasteiger partial charge on any atom is -0.370 e. The summed E-state index contributed by atoms with van der Waals surface area (Å²) in [5, 5.41) is 11.2. The molecule has 0 fully saturated rings. The van der Waals surface area contributed by atoms with E-state index in [9.17, 15) is 4.79 Å². The van der Waals surface area contributed by atoms with Crippen molar-refractivity contribution in [1.29, 1.82) is 5.41 Å². The van der Waals surface area contributed by atoms with Crippen molar-refractivity contribution in [2.75, 3.05) is 26.9 Å². The van der Waals surface area contributed by atoms with E-state index in [1.54, 1.807) is 11.9 Å². The fourth-order valence-corrected chi connectivity index (χ4v) is 7.77. The van der Waals surface area contributed by atoms with Crippen molar-refractivity contribution in [1.82, 2.24) is 9.80 Å². The minimum atomic E-state index is -2.13. The molecule has 30 heavy (non-hydrogen) atoms.